The molecule has 0 spiro atoms. The molecule has 0 bridgehead atoms. The molecule has 0 saturated carbocycles. The van der Waals surface area contributed by atoms with Crippen molar-refractivity contribution in [1.82, 2.24) is 9.97 Å². The molecule has 0 aliphatic heterocycles. The van der Waals surface area contributed by atoms with Gasteiger partial charge in [0.25, 0.3) is 0 Å². The van der Waals surface area contributed by atoms with Crippen LogP contribution in [0.15, 0.2) is 54.6 Å². The largest absolute Gasteiger partial charge is 0.363 e. The van der Waals surface area contributed by atoms with Gasteiger partial charge in [-0.2, -0.15) is 0 Å². The highest BCUT2D eigenvalue weighted by atomic mass is 19.1. The van der Waals surface area contributed by atoms with E-state index >= 15 is 0 Å². The molecule has 0 radical (unpaired) electrons. The number of nitrogens with zero attached hydrogens (tertiary/aromatic N) is 2. The number of benzene rings is 2. The predicted molar refractivity (Wildman–Crippen MR) is 97.9 cm³/mol. The first-order valence-electron chi connectivity index (χ1n) is 8.65. The summed E-state index contributed by atoms with van der Waals surface area (Å²) < 4.78 is 13.5. The van der Waals surface area contributed by atoms with Gasteiger partial charge in [0.2, 0.25) is 0 Å². The van der Waals surface area contributed by atoms with E-state index in [1.54, 1.807) is 6.07 Å². The quantitative estimate of drug-likeness (QED) is 0.726. The van der Waals surface area contributed by atoms with Crippen LogP contribution in [0.2, 0.25) is 0 Å². The molecule has 3 nitrogen and oxygen atoms in total. The monoisotopic (exact) mass is 333 g/mol. The van der Waals surface area contributed by atoms with Crippen LogP contribution in [0, 0.1) is 12.7 Å². The van der Waals surface area contributed by atoms with E-state index in [4.69, 9.17) is 0 Å². The van der Waals surface area contributed by atoms with Crippen molar-refractivity contribution in [2.24, 2.45) is 0 Å². The molecule has 3 aromatic rings. The lowest BCUT2D eigenvalue weighted by Crippen LogP contribution is -2.18. The maximum absolute atomic E-state index is 13.5. The third-order valence-electron chi connectivity index (χ3n) is 4.65. The minimum atomic E-state index is -0.260. The van der Waals surface area contributed by atoms with Crippen molar-refractivity contribution in [2.45, 2.75) is 32.2 Å². The van der Waals surface area contributed by atoms with Crippen LogP contribution < -0.4 is 5.32 Å². The Morgan fingerprint density at radius 1 is 1.04 bits per heavy atom. The average molecular weight is 333 g/mol. The Labute approximate surface area is 147 Å². The number of hydrogen-bond acceptors (Lipinski definition) is 3. The van der Waals surface area contributed by atoms with Crippen molar-refractivity contribution in [3.8, 4) is 11.3 Å². The summed E-state index contributed by atoms with van der Waals surface area (Å²) in [7, 11) is 0. The van der Waals surface area contributed by atoms with Gasteiger partial charge in [-0.25, -0.2) is 14.4 Å². The van der Waals surface area contributed by atoms with E-state index < -0.39 is 0 Å². The van der Waals surface area contributed by atoms with Gasteiger partial charge in [-0.15, -0.1) is 0 Å². The van der Waals surface area contributed by atoms with Crippen molar-refractivity contribution in [3.63, 3.8) is 0 Å². The molecule has 1 atom stereocenters. The SMILES string of the molecule is Cc1nc(N[C@@H]2CCCc3ccccc32)cc(-c2cccc(F)c2)n1. The van der Waals surface area contributed by atoms with E-state index in [-0.39, 0.29) is 11.9 Å². The van der Waals surface area contributed by atoms with Gasteiger partial charge in [-0.05, 0) is 49.4 Å². The van der Waals surface area contributed by atoms with E-state index in [9.17, 15) is 4.39 Å². The van der Waals surface area contributed by atoms with Crippen LogP contribution in [0.25, 0.3) is 11.3 Å². The number of aryl methyl sites for hydroxylation is 2. The average Bonchev–Trinajstić information content (AvgIpc) is 2.62. The summed E-state index contributed by atoms with van der Waals surface area (Å²) in [5.74, 6) is 1.20. The molecule has 25 heavy (non-hydrogen) atoms. The summed E-state index contributed by atoms with van der Waals surface area (Å²) >= 11 is 0. The number of hydrogen-bond donors (Lipinski definition) is 1. The van der Waals surface area contributed by atoms with Gasteiger partial charge in [0, 0.05) is 11.6 Å². The minimum Gasteiger partial charge on any atom is -0.363 e. The van der Waals surface area contributed by atoms with Gasteiger partial charge in [0.05, 0.1) is 11.7 Å². The Balaban J connectivity index is 1.66. The second-order valence-corrected chi connectivity index (χ2v) is 6.48. The molecule has 0 saturated heterocycles. The summed E-state index contributed by atoms with van der Waals surface area (Å²) in [6.07, 6.45) is 3.37. The number of rotatable bonds is 3. The van der Waals surface area contributed by atoms with Crippen molar-refractivity contribution in [1.29, 1.82) is 0 Å². The predicted octanol–water partition coefficient (Wildman–Crippen LogP) is 5.08. The molecule has 0 unspecified atom stereocenters. The zero-order valence-electron chi connectivity index (χ0n) is 14.2. The Morgan fingerprint density at radius 2 is 1.92 bits per heavy atom. The van der Waals surface area contributed by atoms with Gasteiger partial charge >= 0.3 is 0 Å². The van der Waals surface area contributed by atoms with Crippen molar-refractivity contribution in [3.05, 3.63) is 77.4 Å². The number of aromatic nitrogens is 2. The van der Waals surface area contributed by atoms with Crippen LogP contribution in [0.5, 0.6) is 0 Å². The van der Waals surface area contributed by atoms with Crippen molar-refractivity contribution >= 4 is 5.82 Å². The van der Waals surface area contributed by atoms with Gasteiger partial charge in [0.15, 0.2) is 0 Å². The zero-order valence-corrected chi connectivity index (χ0v) is 14.2. The number of fused-ring (bicyclic) bond motifs is 1. The highest BCUT2D eigenvalue weighted by molar-refractivity contribution is 5.62. The molecule has 1 N–H and O–H groups in total. The van der Waals surface area contributed by atoms with Crippen LogP contribution in [0.4, 0.5) is 10.2 Å². The van der Waals surface area contributed by atoms with Crippen molar-refractivity contribution in [2.75, 3.05) is 5.32 Å². The van der Waals surface area contributed by atoms with Crippen molar-refractivity contribution < 1.29 is 4.39 Å². The lowest BCUT2D eigenvalue weighted by Gasteiger charge is -2.27. The first-order valence-corrected chi connectivity index (χ1v) is 8.65. The fourth-order valence-electron chi connectivity index (χ4n) is 3.52. The van der Waals surface area contributed by atoms with Crippen LogP contribution in [-0.2, 0) is 6.42 Å². The molecular weight excluding hydrogens is 313 g/mol. The standard InChI is InChI=1S/C21H20FN3/c1-14-23-20(16-8-4-9-17(22)12-16)13-21(24-14)25-19-11-5-7-15-6-2-3-10-18(15)19/h2-4,6,8-10,12-13,19H,5,7,11H2,1H3,(H,23,24,25)/t19-/m1/s1. The van der Waals surface area contributed by atoms with Gasteiger partial charge < -0.3 is 5.32 Å². The second-order valence-electron chi connectivity index (χ2n) is 6.48. The van der Waals surface area contributed by atoms with E-state index in [0.717, 1.165) is 36.3 Å². The highest BCUT2D eigenvalue weighted by Gasteiger charge is 2.20. The summed E-state index contributed by atoms with van der Waals surface area (Å²) in [4.78, 5) is 9.00. The van der Waals surface area contributed by atoms with E-state index in [2.05, 4.69) is 39.6 Å². The third kappa shape index (κ3) is 3.38. The molecule has 126 valence electrons. The summed E-state index contributed by atoms with van der Waals surface area (Å²) in [6, 6.07) is 17.2. The third-order valence-corrected chi connectivity index (χ3v) is 4.65. The molecule has 1 aliphatic carbocycles. The lowest BCUT2D eigenvalue weighted by molar-refractivity contribution is 0.598. The Bertz CT molecular complexity index is 907. The molecule has 0 amide bonds. The van der Waals surface area contributed by atoms with Gasteiger partial charge in [0.1, 0.15) is 17.5 Å². The normalized spacial score (nSPS) is 16.3. The Kier molecular flexibility index (Phi) is 4.18. The topological polar surface area (TPSA) is 37.8 Å². The van der Waals surface area contributed by atoms with Crippen LogP contribution in [-0.4, -0.2) is 9.97 Å². The molecule has 1 aromatic heterocycles. The summed E-state index contributed by atoms with van der Waals surface area (Å²) in [5, 5.41) is 3.56. The highest BCUT2D eigenvalue weighted by Crippen LogP contribution is 2.32. The fraction of sp³-hybridized carbons (Fsp3) is 0.238. The lowest BCUT2D eigenvalue weighted by atomic mass is 9.88. The molecule has 2 aromatic carbocycles. The molecule has 1 aliphatic rings. The molecule has 0 fully saturated rings. The number of nitrogens with one attached hydrogen (secondary N) is 1. The Morgan fingerprint density at radius 3 is 2.80 bits per heavy atom. The second kappa shape index (κ2) is 6.63. The van der Waals surface area contributed by atoms with E-state index in [1.807, 2.05) is 19.1 Å². The van der Waals surface area contributed by atoms with Gasteiger partial charge in [-0.3, -0.25) is 0 Å². The Hall–Kier alpha value is -2.75. The first-order chi connectivity index (χ1) is 12.2. The molecule has 4 rings (SSSR count). The summed E-state index contributed by atoms with van der Waals surface area (Å²) in [5.41, 5.74) is 4.25. The molecule has 4 heteroatoms. The number of anilines is 1. The van der Waals surface area contributed by atoms with Crippen LogP contribution in [0.3, 0.4) is 0 Å². The van der Waals surface area contributed by atoms with E-state index in [1.165, 1.54) is 23.3 Å². The zero-order chi connectivity index (χ0) is 17.2. The summed E-state index contributed by atoms with van der Waals surface area (Å²) in [6.45, 7) is 1.86. The van der Waals surface area contributed by atoms with E-state index in [0.29, 0.717) is 5.82 Å². The van der Waals surface area contributed by atoms with Crippen LogP contribution in [0.1, 0.15) is 35.8 Å². The maximum Gasteiger partial charge on any atom is 0.130 e. The number of halogens is 1. The smallest absolute Gasteiger partial charge is 0.130 e. The molecule has 1 heterocycles. The molecular formula is C21H20FN3. The van der Waals surface area contributed by atoms with Gasteiger partial charge in [-0.1, -0.05) is 36.4 Å². The maximum atomic E-state index is 13.5. The first kappa shape index (κ1) is 15.8. The fourth-order valence-corrected chi connectivity index (χ4v) is 3.52. The minimum absolute atomic E-state index is 0.250. The van der Waals surface area contributed by atoms with Crippen LogP contribution >= 0.6 is 0 Å².